The summed E-state index contributed by atoms with van der Waals surface area (Å²) in [7, 11) is -3.00. The smallest absolute Gasteiger partial charge is 0.317 e. The van der Waals surface area contributed by atoms with Crippen molar-refractivity contribution in [1.82, 2.24) is 10.2 Å². The largest absolute Gasteiger partial charge is 0.481 e. The van der Waals surface area contributed by atoms with Crippen molar-refractivity contribution in [2.45, 2.75) is 12.8 Å². The van der Waals surface area contributed by atoms with Gasteiger partial charge in [0.2, 0.25) is 0 Å². The number of carboxylic acids is 1. The fraction of sp³-hybridized carbons (Fsp3) is 0.800. The Morgan fingerprint density at radius 1 is 1.44 bits per heavy atom. The van der Waals surface area contributed by atoms with Crippen LogP contribution < -0.4 is 5.32 Å². The number of hydrogen-bond acceptors (Lipinski definition) is 4. The van der Waals surface area contributed by atoms with Crippen LogP contribution in [0.3, 0.4) is 0 Å². The highest BCUT2D eigenvalue weighted by Gasteiger charge is 2.30. The Labute approximate surface area is 106 Å². The number of rotatable bonds is 5. The predicted molar refractivity (Wildman–Crippen MR) is 65.0 cm³/mol. The van der Waals surface area contributed by atoms with Gasteiger partial charge in [0.25, 0.3) is 0 Å². The molecule has 0 radical (unpaired) electrons. The zero-order valence-electron chi connectivity index (χ0n) is 10.3. The molecule has 0 aromatic heterocycles. The Morgan fingerprint density at radius 3 is 2.61 bits per heavy atom. The van der Waals surface area contributed by atoms with Gasteiger partial charge in [-0.3, -0.25) is 4.79 Å². The number of carboxylic acid groups (broad SMARTS) is 1. The molecule has 1 unspecified atom stereocenters. The normalized spacial score (nSPS) is 19.8. The molecule has 0 saturated carbocycles. The number of carbonyl (C=O) groups is 2. The van der Waals surface area contributed by atoms with Crippen molar-refractivity contribution in [3.63, 3.8) is 0 Å². The Hall–Kier alpha value is -1.31. The number of aliphatic carboxylic acids is 1. The summed E-state index contributed by atoms with van der Waals surface area (Å²) in [6.45, 7) is 0.919. The maximum atomic E-state index is 11.6. The molecule has 18 heavy (non-hydrogen) atoms. The Kier molecular flexibility index (Phi) is 4.94. The van der Waals surface area contributed by atoms with Crippen molar-refractivity contribution in [1.29, 1.82) is 0 Å². The standard InChI is InChI=1S/C10H18N2O5S/c1-18(16,17)6-2-4-11-10(15)12-5-3-8(7-12)9(13)14/h8H,2-7H2,1H3,(H,11,15)(H,13,14). The number of sulfone groups is 1. The van der Waals surface area contributed by atoms with E-state index in [4.69, 9.17) is 5.11 Å². The summed E-state index contributed by atoms with van der Waals surface area (Å²) in [6, 6.07) is -0.327. The lowest BCUT2D eigenvalue weighted by Gasteiger charge is -2.16. The van der Waals surface area contributed by atoms with Crippen molar-refractivity contribution in [3.05, 3.63) is 0 Å². The summed E-state index contributed by atoms with van der Waals surface area (Å²) in [5.74, 6) is -1.35. The number of hydrogen-bond donors (Lipinski definition) is 2. The number of carbonyl (C=O) groups excluding carboxylic acids is 1. The number of urea groups is 1. The van der Waals surface area contributed by atoms with Crippen LogP contribution in [0.15, 0.2) is 0 Å². The third-order valence-electron chi connectivity index (χ3n) is 2.79. The molecular weight excluding hydrogens is 260 g/mol. The van der Waals surface area contributed by atoms with E-state index in [1.807, 2.05) is 0 Å². The molecule has 2 amide bonds. The molecule has 1 aliphatic rings. The molecule has 0 bridgehead atoms. The van der Waals surface area contributed by atoms with Crippen molar-refractivity contribution in [2.75, 3.05) is 31.6 Å². The van der Waals surface area contributed by atoms with Crippen molar-refractivity contribution in [2.24, 2.45) is 5.92 Å². The van der Waals surface area contributed by atoms with Gasteiger partial charge in [-0.15, -0.1) is 0 Å². The van der Waals surface area contributed by atoms with Gasteiger partial charge in [0.1, 0.15) is 9.84 Å². The number of likely N-dealkylation sites (tertiary alicyclic amines) is 1. The molecule has 1 aliphatic heterocycles. The molecule has 1 heterocycles. The molecule has 8 heteroatoms. The van der Waals surface area contributed by atoms with Crippen LogP contribution in [0.4, 0.5) is 4.79 Å². The van der Waals surface area contributed by atoms with E-state index in [1.165, 1.54) is 4.90 Å². The molecule has 2 N–H and O–H groups in total. The van der Waals surface area contributed by atoms with Crippen LogP contribution in [-0.4, -0.2) is 62.1 Å². The summed E-state index contributed by atoms with van der Waals surface area (Å²) in [6.07, 6.45) is 1.97. The lowest BCUT2D eigenvalue weighted by molar-refractivity contribution is -0.141. The summed E-state index contributed by atoms with van der Waals surface area (Å²) in [5.41, 5.74) is 0. The molecular formula is C10H18N2O5S. The minimum atomic E-state index is -3.00. The minimum Gasteiger partial charge on any atom is -0.481 e. The molecule has 104 valence electrons. The predicted octanol–water partition coefficient (Wildman–Crippen LogP) is -0.463. The van der Waals surface area contributed by atoms with E-state index in [-0.39, 0.29) is 24.9 Å². The molecule has 7 nitrogen and oxygen atoms in total. The van der Waals surface area contributed by atoms with Gasteiger partial charge >= 0.3 is 12.0 Å². The van der Waals surface area contributed by atoms with Crippen LogP contribution >= 0.6 is 0 Å². The second-order valence-corrected chi connectivity index (χ2v) is 6.74. The fourth-order valence-corrected chi connectivity index (χ4v) is 2.46. The quantitative estimate of drug-likeness (QED) is 0.662. The van der Waals surface area contributed by atoms with Crippen LogP contribution in [0.5, 0.6) is 0 Å². The van der Waals surface area contributed by atoms with E-state index >= 15 is 0 Å². The van der Waals surface area contributed by atoms with Gasteiger partial charge in [0, 0.05) is 25.9 Å². The van der Waals surface area contributed by atoms with Crippen LogP contribution in [0.2, 0.25) is 0 Å². The number of nitrogens with one attached hydrogen (secondary N) is 1. The minimum absolute atomic E-state index is 0.0328. The highest BCUT2D eigenvalue weighted by atomic mass is 32.2. The van der Waals surface area contributed by atoms with Gasteiger partial charge in [-0.05, 0) is 12.8 Å². The average molecular weight is 278 g/mol. The third-order valence-corrected chi connectivity index (χ3v) is 3.82. The van der Waals surface area contributed by atoms with E-state index in [1.54, 1.807) is 0 Å². The SMILES string of the molecule is CS(=O)(=O)CCCNC(=O)N1CCC(C(=O)O)C1. The van der Waals surface area contributed by atoms with Crippen LogP contribution in [-0.2, 0) is 14.6 Å². The topological polar surface area (TPSA) is 104 Å². The molecule has 1 saturated heterocycles. The maximum Gasteiger partial charge on any atom is 0.317 e. The van der Waals surface area contributed by atoms with Crippen LogP contribution in [0.1, 0.15) is 12.8 Å². The molecule has 0 aliphatic carbocycles. The van der Waals surface area contributed by atoms with E-state index in [0.717, 1.165) is 6.26 Å². The first-order valence-electron chi connectivity index (χ1n) is 5.73. The van der Waals surface area contributed by atoms with E-state index < -0.39 is 21.7 Å². The number of nitrogens with zero attached hydrogens (tertiary/aromatic N) is 1. The maximum absolute atomic E-state index is 11.6. The third kappa shape index (κ3) is 4.91. The zero-order valence-corrected chi connectivity index (χ0v) is 11.1. The van der Waals surface area contributed by atoms with Crippen LogP contribution in [0.25, 0.3) is 0 Å². The van der Waals surface area contributed by atoms with Gasteiger partial charge in [-0.1, -0.05) is 0 Å². The van der Waals surface area contributed by atoms with Crippen molar-refractivity contribution < 1.29 is 23.1 Å². The monoisotopic (exact) mass is 278 g/mol. The van der Waals surface area contributed by atoms with Crippen LogP contribution in [0, 0.1) is 5.92 Å². The molecule has 0 spiro atoms. The lowest BCUT2D eigenvalue weighted by atomic mass is 10.1. The second-order valence-electron chi connectivity index (χ2n) is 4.49. The highest BCUT2D eigenvalue weighted by molar-refractivity contribution is 7.90. The average Bonchev–Trinajstić information content (AvgIpc) is 2.72. The Bertz CT molecular complexity index is 420. The first-order chi connectivity index (χ1) is 8.29. The molecule has 0 aromatic rings. The van der Waals surface area contributed by atoms with Crippen molar-refractivity contribution in [3.8, 4) is 0 Å². The van der Waals surface area contributed by atoms with Crippen molar-refractivity contribution >= 4 is 21.8 Å². The van der Waals surface area contributed by atoms with Gasteiger partial charge < -0.3 is 15.3 Å². The summed E-state index contributed by atoms with van der Waals surface area (Å²) in [4.78, 5) is 23.8. The van der Waals surface area contributed by atoms with E-state index in [0.29, 0.717) is 19.4 Å². The fourth-order valence-electron chi connectivity index (χ4n) is 1.79. The molecule has 1 fully saturated rings. The molecule has 0 aromatic carbocycles. The van der Waals surface area contributed by atoms with Gasteiger partial charge in [-0.25, -0.2) is 13.2 Å². The Balaban J connectivity index is 2.24. The molecule has 1 rings (SSSR count). The molecule has 1 atom stereocenters. The first-order valence-corrected chi connectivity index (χ1v) is 7.79. The van der Waals surface area contributed by atoms with E-state index in [9.17, 15) is 18.0 Å². The summed E-state index contributed by atoms with van der Waals surface area (Å²) < 4.78 is 21.7. The first kappa shape index (κ1) is 14.7. The van der Waals surface area contributed by atoms with Gasteiger partial charge in [0.05, 0.1) is 11.7 Å². The highest BCUT2D eigenvalue weighted by Crippen LogP contribution is 2.15. The Morgan fingerprint density at radius 2 is 2.11 bits per heavy atom. The number of amides is 2. The van der Waals surface area contributed by atoms with E-state index in [2.05, 4.69) is 5.32 Å². The second kappa shape index (κ2) is 6.03. The van der Waals surface area contributed by atoms with Gasteiger partial charge in [-0.2, -0.15) is 0 Å². The van der Waals surface area contributed by atoms with Gasteiger partial charge in [0.15, 0.2) is 0 Å². The summed E-state index contributed by atoms with van der Waals surface area (Å²) >= 11 is 0. The summed E-state index contributed by atoms with van der Waals surface area (Å²) in [5, 5.41) is 11.4. The zero-order chi connectivity index (χ0) is 13.8. The lowest BCUT2D eigenvalue weighted by Crippen LogP contribution is -2.39.